The molecule has 3 aromatic rings. The first kappa shape index (κ1) is 20.1. The Balaban J connectivity index is 1.21. The van der Waals surface area contributed by atoms with Crippen molar-refractivity contribution < 1.29 is 9.47 Å². The van der Waals surface area contributed by atoms with Crippen LogP contribution in [0.2, 0.25) is 0 Å². The van der Waals surface area contributed by atoms with E-state index < -0.39 is 0 Å². The lowest BCUT2D eigenvalue weighted by Gasteiger charge is -2.18. The van der Waals surface area contributed by atoms with E-state index in [1.54, 1.807) is 0 Å². The second-order valence-electron chi connectivity index (χ2n) is 8.44. The van der Waals surface area contributed by atoms with Crippen molar-refractivity contribution in [2.75, 3.05) is 26.3 Å². The Morgan fingerprint density at radius 3 is 2.45 bits per heavy atom. The Bertz CT molecular complexity index is 1020. The quantitative estimate of drug-likeness (QED) is 0.633. The number of hydrogen-bond donors (Lipinski definition) is 1. The molecule has 5 rings (SSSR count). The lowest BCUT2D eigenvalue weighted by atomic mass is 10.1. The van der Waals surface area contributed by atoms with E-state index in [-0.39, 0.29) is 0 Å². The molecule has 0 unspecified atom stereocenters. The lowest BCUT2D eigenvalue weighted by molar-refractivity contribution is 0.171. The third-order valence-electron chi connectivity index (χ3n) is 5.99. The number of fused-ring (bicyclic) bond motifs is 1. The van der Waals surface area contributed by atoms with E-state index in [9.17, 15) is 0 Å². The van der Waals surface area contributed by atoms with Crippen molar-refractivity contribution in [2.24, 2.45) is 7.05 Å². The van der Waals surface area contributed by atoms with Gasteiger partial charge in [0.05, 0.1) is 5.69 Å². The predicted octanol–water partition coefficient (Wildman–Crippen LogP) is 3.74. The minimum atomic E-state index is 0.587. The highest BCUT2D eigenvalue weighted by Crippen LogP contribution is 2.35. The van der Waals surface area contributed by atoms with Crippen molar-refractivity contribution >= 4 is 0 Å². The molecule has 2 aromatic carbocycles. The van der Waals surface area contributed by atoms with Crippen molar-refractivity contribution in [3.05, 3.63) is 65.4 Å². The molecular formula is C25H30N4O2. The molecular weight excluding hydrogens is 388 g/mol. The number of hydrogen-bond acceptors (Lipinski definition) is 5. The molecule has 1 N–H and O–H groups in total. The van der Waals surface area contributed by atoms with E-state index in [1.165, 1.54) is 42.6 Å². The molecule has 2 aliphatic rings. The van der Waals surface area contributed by atoms with E-state index >= 15 is 0 Å². The van der Waals surface area contributed by atoms with Gasteiger partial charge in [-0.3, -0.25) is 9.58 Å². The number of likely N-dealkylation sites (tertiary alicyclic amines) is 1. The zero-order valence-electron chi connectivity index (χ0n) is 18.1. The average Bonchev–Trinajstić information content (AvgIpc) is 3.44. The molecule has 0 aliphatic carbocycles. The zero-order chi connectivity index (χ0) is 21.0. The summed E-state index contributed by atoms with van der Waals surface area (Å²) in [6.45, 7) is 6.32. The molecule has 0 spiro atoms. The highest BCUT2D eigenvalue weighted by Gasteiger charge is 2.16. The average molecular weight is 419 g/mol. The highest BCUT2D eigenvalue weighted by atomic mass is 16.6. The van der Waals surface area contributed by atoms with Crippen molar-refractivity contribution in [3.8, 4) is 22.8 Å². The molecule has 6 heteroatoms. The second-order valence-corrected chi connectivity index (χ2v) is 8.44. The number of rotatable bonds is 7. The van der Waals surface area contributed by atoms with Crippen LogP contribution < -0.4 is 14.8 Å². The predicted molar refractivity (Wildman–Crippen MR) is 121 cm³/mol. The lowest BCUT2D eigenvalue weighted by Crippen LogP contribution is -2.18. The molecule has 0 atom stereocenters. The van der Waals surface area contributed by atoms with Crippen LogP contribution in [-0.4, -0.2) is 41.0 Å². The normalized spacial score (nSPS) is 16.0. The molecule has 0 saturated carbocycles. The molecule has 0 radical (unpaired) electrons. The molecule has 6 nitrogen and oxygen atoms in total. The van der Waals surface area contributed by atoms with Crippen LogP contribution in [0.25, 0.3) is 11.3 Å². The van der Waals surface area contributed by atoms with Crippen molar-refractivity contribution in [2.45, 2.75) is 32.5 Å². The van der Waals surface area contributed by atoms with E-state index in [4.69, 9.17) is 14.6 Å². The monoisotopic (exact) mass is 418 g/mol. The standard InChI is InChI=1S/C25H30N4O2/c1-28-18-22(25(27-28)21-8-9-23-24(14-21)31-13-12-30-23)16-26-15-19-4-6-20(7-5-19)17-29-10-2-3-11-29/h4-9,14,18,26H,2-3,10-13,15-17H2,1H3. The molecule has 1 fully saturated rings. The fourth-order valence-corrected chi connectivity index (χ4v) is 4.40. The third kappa shape index (κ3) is 4.75. The van der Waals surface area contributed by atoms with Crippen LogP contribution in [0.15, 0.2) is 48.7 Å². The summed E-state index contributed by atoms with van der Waals surface area (Å²) in [6.07, 6.45) is 4.76. The molecule has 31 heavy (non-hydrogen) atoms. The van der Waals surface area contributed by atoms with Gasteiger partial charge in [-0.05, 0) is 55.3 Å². The van der Waals surface area contributed by atoms with Gasteiger partial charge in [0.1, 0.15) is 13.2 Å². The summed E-state index contributed by atoms with van der Waals surface area (Å²) in [5.74, 6) is 1.60. The van der Waals surface area contributed by atoms with Gasteiger partial charge in [0.25, 0.3) is 0 Å². The summed E-state index contributed by atoms with van der Waals surface area (Å²) in [5.41, 5.74) is 5.90. The number of aryl methyl sites for hydroxylation is 1. The van der Waals surface area contributed by atoms with Gasteiger partial charge in [0.2, 0.25) is 0 Å². The van der Waals surface area contributed by atoms with E-state index in [0.29, 0.717) is 13.2 Å². The van der Waals surface area contributed by atoms with Gasteiger partial charge < -0.3 is 14.8 Å². The maximum Gasteiger partial charge on any atom is 0.162 e. The minimum Gasteiger partial charge on any atom is -0.486 e. The van der Waals surface area contributed by atoms with Crippen LogP contribution in [0.5, 0.6) is 11.5 Å². The first-order chi connectivity index (χ1) is 15.2. The summed E-state index contributed by atoms with van der Waals surface area (Å²) < 4.78 is 13.3. The Labute approximate surface area is 183 Å². The third-order valence-corrected chi connectivity index (χ3v) is 5.99. The molecule has 162 valence electrons. The van der Waals surface area contributed by atoms with Crippen LogP contribution in [0.4, 0.5) is 0 Å². The molecule has 1 aromatic heterocycles. The second kappa shape index (κ2) is 9.12. The van der Waals surface area contributed by atoms with Gasteiger partial charge >= 0.3 is 0 Å². The Morgan fingerprint density at radius 2 is 1.65 bits per heavy atom. The van der Waals surface area contributed by atoms with E-state index in [0.717, 1.165) is 42.4 Å². The number of benzene rings is 2. The van der Waals surface area contributed by atoms with Crippen LogP contribution in [-0.2, 0) is 26.7 Å². The Kier molecular flexibility index (Phi) is 5.91. The van der Waals surface area contributed by atoms with Crippen LogP contribution in [0, 0.1) is 0 Å². The summed E-state index contributed by atoms with van der Waals surface area (Å²) in [7, 11) is 1.96. The Morgan fingerprint density at radius 1 is 0.903 bits per heavy atom. The van der Waals surface area contributed by atoms with Crippen molar-refractivity contribution in [1.29, 1.82) is 0 Å². The number of nitrogens with zero attached hydrogens (tertiary/aromatic N) is 3. The Hall–Kier alpha value is -2.83. The zero-order valence-corrected chi connectivity index (χ0v) is 18.1. The van der Waals surface area contributed by atoms with E-state index in [1.807, 2.05) is 23.9 Å². The van der Waals surface area contributed by atoms with Gasteiger partial charge in [-0.25, -0.2) is 0 Å². The summed E-state index contributed by atoms with van der Waals surface area (Å²) >= 11 is 0. The van der Waals surface area contributed by atoms with Crippen LogP contribution in [0.1, 0.15) is 29.5 Å². The fourth-order valence-electron chi connectivity index (χ4n) is 4.40. The molecule has 0 bridgehead atoms. The molecule has 1 saturated heterocycles. The summed E-state index contributed by atoms with van der Waals surface area (Å²) in [4.78, 5) is 2.54. The van der Waals surface area contributed by atoms with Crippen molar-refractivity contribution in [3.63, 3.8) is 0 Å². The highest BCUT2D eigenvalue weighted by molar-refractivity contribution is 5.66. The fraction of sp³-hybridized carbons (Fsp3) is 0.400. The van der Waals surface area contributed by atoms with Crippen LogP contribution >= 0.6 is 0 Å². The topological polar surface area (TPSA) is 51.6 Å². The van der Waals surface area contributed by atoms with Gasteiger partial charge in [-0.1, -0.05) is 24.3 Å². The number of ether oxygens (including phenoxy) is 2. The van der Waals surface area contributed by atoms with Gasteiger partial charge in [0, 0.05) is 44.0 Å². The van der Waals surface area contributed by atoms with Crippen LogP contribution in [0.3, 0.4) is 0 Å². The smallest absolute Gasteiger partial charge is 0.162 e. The maximum atomic E-state index is 5.74. The largest absolute Gasteiger partial charge is 0.486 e. The summed E-state index contributed by atoms with van der Waals surface area (Å²) in [5, 5.41) is 8.27. The number of nitrogens with one attached hydrogen (secondary N) is 1. The molecule has 2 aliphatic heterocycles. The van der Waals surface area contributed by atoms with Gasteiger partial charge in [-0.15, -0.1) is 0 Å². The van der Waals surface area contributed by atoms with E-state index in [2.05, 4.69) is 46.7 Å². The maximum absolute atomic E-state index is 5.74. The first-order valence-electron chi connectivity index (χ1n) is 11.2. The van der Waals surface area contributed by atoms with Crippen molar-refractivity contribution in [1.82, 2.24) is 20.0 Å². The molecule has 0 amide bonds. The van der Waals surface area contributed by atoms with Gasteiger partial charge in [0.15, 0.2) is 11.5 Å². The summed E-state index contributed by atoms with van der Waals surface area (Å²) in [6, 6.07) is 15.1. The minimum absolute atomic E-state index is 0.587. The van der Waals surface area contributed by atoms with Gasteiger partial charge in [-0.2, -0.15) is 5.10 Å². The number of aromatic nitrogens is 2. The molecule has 3 heterocycles. The first-order valence-corrected chi connectivity index (χ1v) is 11.2. The SMILES string of the molecule is Cn1cc(CNCc2ccc(CN3CCCC3)cc2)c(-c2ccc3c(c2)OCCO3)n1.